The maximum atomic E-state index is 6.76. The Morgan fingerprint density at radius 2 is 1.02 bits per heavy atom. The zero-order valence-corrected chi connectivity index (χ0v) is 27.7. The molecule has 0 radical (unpaired) electrons. The van der Waals surface area contributed by atoms with E-state index in [1.54, 1.807) is 0 Å². The highest BCUT2D eigenvalue weighted by Gasteiger charge is 2.42. The van der Waals surface area contributed by atoms with Crippen molar-refractivity contribution in [2.75, 3.05) is 4.90 Å². The van der Waals surface area contributed by atoms with Crippen LogP contribution in [-0.4, -0.2) is 0 Å². The van der Waals surface area contributed by atoms with Crippen LogP contribution in [0.2, 0.25) is 0 Å². The standard InChI is InChI=1S/C48H33NO/c1-48(42-20-10-7-17-39(42)40-18-8-11-21-43(40)48)44-30-38(31-46-47(44)41-19-9-12-22-45(41)50-46)49(37-28-25-33-15-5-6-16-35(33)29-37)36-26-23-34(24-27-36)32-13-3-2-4-14-32/h2-31H,1H3. The summed E-state index contributed by atoms with van der Waals surface area (Å²) >= 11 is 0. The lowest BCUT2D eigenvalue weighted by atomic mass is 9.72. The van der Waals surface area contributed by atoms with Crippen molar-refractivity contribution >= 4 is 49.8 Å². The monoisotopic (exact) mass is 639 g/mol. The molecule has 1 aromatic heterocycles. The summed E-state index contributed by atoms with van der Waals surface area (Å²) in [5.41, 5.74) is 13.4. The summed E-state index contributed by atoms with van der Waals surface area (Å²) in [5.74, 6) is 0. The quantitative estimate of drug-likeness (QED) is 0.186. The number of hydrogen-bond acceptors (Lipinski definition) is 2. The van der Waals surface area contributed by atoms with Gasteiger partial charge in [-0.25, -0.2) is 0 Å². The molecule has 0 bridgehead atoms. The molecule has 8 aromatic carbocycles. The number of rotatable bonds is 5. The van der Waals surface area contributed by atoms with Crippen molar-refractivity contribution in [2.24, 2.45) is 0 Å². The lowest BCUT2D eigenvalue weighted by molar-refractivity contribution is 0.666. The number of furan rings is 1. The molecule has 236 valence electrons. The van der Waals surface area contributed by atoms with Gasteiger partial charge in [-0.15, -0.1) is 0 Å². The number of benzene rings is 8. The average molecular weight is 640 g/mol. The first-order valence-corrected chi connectivity index (χ1v) is 17.3. The molecular weight excluding hydrogens is 607 g/mol. The first-order valence-electron chi connectivity index (χ1n) is 17.3. The Kier molecular flexibility index (Phi) is 6.34. The van der Waals surface area contributed by atoms with E-state index in [2.05, 4.69) is 194 Å². The number of nitrogens with zero attached hydrogens (tertiary/aromatic N) is 1. The molecule has 0 spiro atoms. The van der Waals surface area contributed by atoms with Crippen LogP contribution in [0.5, 0.6) is 0 Å². The lowest BCUT2D eigenvalue weighted by Gasteiger charge is -2.32. The van der Waals surface area contributed by atoms with E-state index in [1.165, 1.54) is 49.7 Å². The maximum absolute atomic E-state index is 6.76. The van der Waals surface area contributed by atoms with Crippen molar-refractivity contribution in [1.82, 2.24) is 0 Å². The molecule has 0 atom stereocenters. The molecule has 0 amide bonds. The van der Waals surface area contributed by atoms with Crippen LogP contribution in [0.3, 0.4) is 0 Å². The Balaban J connectivity index is 1.27. The summed E-state index contributed by atoms with van der Waals surface area (Å²) in [6.45, 7) is 2.40. The Bertz CT molecular complexity index is 2670. The van der Waals surface area contributed by atoms with Crippen LogP contribution in [0, 0.1) is 0 Å². The van der Waals surface area contributed by atoms with Crippen molar-refractivity contribution in [2.45, 2.75) is 12.3 Å². The molecule has 0 saturated carbocycles. The van der Waals surface area contributed by atoms with E-state index in [9.17, 15) is 0 Å². The number of fused-ring (bicyclic) bond motifs is 7. The molecule has 9 aromatic rings. The van der Waals surface area contributed by atoms with Gasteiger partial charge in [0.1, 0.15) is 11.2 Å². The molecule has 1 aliphatic rings. The number of para-hydroxylation sites is 1. The number of anilines is 3. The minimum absolute atomic E-state index is 0.416. The smallest absolute Gasteiger partial charge is 0.137 e. The van der Waals surface area contributed by atoms with Gasteiger partial charge in [-0.3, -0.25) is 0 Å². The van der Waals surface area contributed by atoms with E-state index >= 15 is 0 Å². The maximum Gasteiger partial charge on any atom is 0.137 e. The summed E-state index contributed by atoms with van der Waals surface area (Å²) < 4.78 is 6.76. The normalized spacial score (nSPS) is 13.1. The summed E-state index contributed by atoms with van der Waals surface area (Å²) in [7, 11) is 0. The third-order valence-corrected chi connectivity index (χ3v) is 10.7. The van der Waals surface area contributed by atoms with Crippen LogP contribution in [0.1, 0.15) is 23.6 Å². The van der Waals surface area contributed by atoms with Crippen molar-refractivity contribution < 1.29 is 4.42 Å². The van der Waals surface area contributed by atoms with Crippen LogP contribution >= 0.6 is 0 Å². The number of hydrogen-bond donors (Lipinski definition) is 0. The molecule has 0 saturated heterocycles. The molecule has 0 unspecified atom stereocenters. The van der Waals surface area contributed by atoms with E-state index in [-0.39, 0.29) is 0 Å². The molecular formula is C48H33NO. The molecule has 1 heterocycles. The molecule has 0 fully saturated rings. The minimum Gasteiger partial charge on any atom is -0.456 e. The van der Waals surface area contributed by atoms with Gasteiger partial charge < -0.3 is 9.32 Å². The Morgan fingerprint density at radius 1 is 0.420 bits per heavy atom. The topological polar surface area (TPSA) is 16.4 Å². The van der Waals surface area contributed by atoms with Crippen LogP contribution in [-0.2, 0) is 5.41 Å². The molecule has 10 rings (SSSR count). The highest BCUT2D eigenvalue weighted by Crippen LogP contribution is 2.55. The molecule has 1 aliphatic carbocycles. The molecule has 50 heavy (non-hydrogen) atoms. The van der Waals surface area contributed by atoms with E-state index in [1.807, 2.05) is 0 Å². The van der Waals surface area contributed by atoms with E-state index < -0.39 is 5.41 Å². The fraction of sp³-hybridized carbons (Fsp3) is 0.0417. The van der Waals surface area contributed by atoms with Crippen molar-refractivity contribution in [3.8, 4) is 22.3 Å². The summed E-state index contributed by atoms with van der Waals surface area (Å²) in [5, 5.41) is 4.72. The van der Waals surface area contributed by atoms with Crippen molar-refractivity contribution in [1.29, 1.82) is 0 Å². The van der Waals surface area contributed by atoms with Gasteiger partial charge in [0.2, 0.25) is 0 Å². The third-order valence-electron chi connectivity index (χ3n) is 10.7. The van der Waals surface area contributed by atoms with Crippen LogP contribution in [0.25, 0.3) is 55.0 Å². The molecule has 2 nitrogen and oxygen atoms in total. The first kappa shape index (κ1) is 28.6. The molecule has 0 N–H and O–H groups in total. The van der Waals surface area contributed by atoms with Gasteiger partial charge >= 0.3 is 0 Å². The SMILES string of the molecule is CC1(c2cc(N(c3ccc(-c4ccccc4)cc3)c3ccc4ccccc4c3)cc3oc4ccccc4c23)c2ccccc2-c2ccccc21. The Hall–Kier alpha value is -6.38. The predicted molar refractivity (Wildman–Crippen MR) is 209 cm³/mol. The van der Waals surface area contributed by atoms with Gasteiger partial charge in [-0.1, -0.05) is 140 Å². The highest BCUT2D eigenvalue weighted by atomic mass is 16.3. The van der Waals surface area contributed by atoms with Gasteiger partial charge in [0.15, 0.2) is 0 Å². The summed E-state index contributed by atoms with van der Waals surface area (Å²) in [6, 6.07) is 65.7. The lowest BCUT2D eigenvalue weighted by Crippen LogP contribution is -2.23. The Labute approximate surface area is 291 Å². The Morgan fingerprint density at radius 3 is 1.78 bits per heavy atom. The van der Waals surface area contributed by atoms with Gasteiger partial charge in [-0.2, -0.15) is 0 Å². The second kappa shape index (κ2) is 11.1. The van der Waals surface area contributed by atoms with E-state index in [4.69, 9.17) is 4.42 Å². The van der Waals surface area contributed by atoms with Crippen molar-refractivity contribution in [3.63, 3.8) is 0 Å². The summed E-state index contributed by atoms with van der Waals surface area (Å²) in [4.78, 5) is 2.38. The largest absolute Gasteiger partial charge is 0.456 e. The second-order valence-electron chi connectivity index (χ2n) is 13.5. The summed E-state index contributed by atoms with van der Waals surface area (Å²) in [6.07, 6.45) is 0. The predicted octanol–water partition coefficient (Wildman–Crippen LogP) is 13.2. The zero-order chi connectivity index (χ0) is 33.2. The average Bonchev–Trinajstić information content (AvgIpc) is 3.69. The molecule has 0 aliphatic heterocycles. The third kappa shape index (κ3) is 4.28. The van der Waals surface area contributed by atoms with E-state index in [0.717, 1.165) is 39.0 Å². The second-order valence-corrected chi connectivity index (χ2v) is 13.5. The van der Waals surface area contributed by atoms with Gasteiger partial charge in [0, 0.05) is 33.6 Å². The van der Waals surface area contributed by atoms with E-state index in [0.29, 0.717) is 0 Å². The minimum atomic E-state index is -0.416. The van der Waals surface area contributed by atoms with Crippen LogP contribution in [0.15, 0.2) is 186 Å². The van der Waals surface area contributed by atoms with Gasteiger partial charge in [0.25, 0.3) is 0 Å². The van der Waals surface area contributed by atoms with Gasteiger partial charge in [-0.05, 0) is 93.0 Å². The van der Waals surface area contributed by atoms with Crippen molar-refractivity contribution in [3.05, 3.63) is 199 Å². The molecule has 2 heteroatoms. The zero-order valence-electron chi connectivity index (χ0n) is 27.7. The highest BCUT2D eigenvalue weighted by molar-refractivity contribution is 6.10. The first-order chi connectivity index (χ1) is 24.7. The van der Waals surface area contributed by atoms with Gasteiger partial charge in [0.05, 0.1) is 5.69 Å². The fourth-order valence-corrected chi connectivity index (χ4v) is 8.30. The van der Waals surface area contributed by atoms with Crippen LogP contribution < -0.4 is 4.90 Å². The fourth-order valence-electron chi connectivity index (χ4n) is 8.30. The van der Waals surface area contributed by atoms with Crippen LogP contribution in [0.4, 0.5) is 17.1 Å².